The number of para-hydroxylation sites is 2. The lowest BCUT2D eigenvalue weighted by Crippen LogP contribution is -2.19. The molecule has 0 saturated carbocycles. The number of nitrogens with two attached hydrogens (primary N) is 1. The van der Waals surface area contributed by atoms with E-state index in [1.54, 1.807) is 25.3 Å². The summed E-state index contributed by atoms with van der Waals surface area (Å²) in [5, 5.41) is 6.78. The molecule has 0 radical (unpaired) electrons. The van der Waals surface area contributed by atoms with Crippen molar-refractivity contribution in [1.29, 1.82) is 0 Å². The fourth-order valence-electron chi connectivity index (χ4n) is 3.81. The first-order chi connectivity index (χ1) is 16.6. The number of rotatable bonds is 5. The molecule has 34 heavy (non-hydrogen) atoms. The molecular weight excluding hydrogens is 428 g/mol. The maximum atomic E-state index is 12.6. The van der Waals surface area contributed by atoms with Crippen molar-refractivity contribution in [3.8, 4) is 22.7 Å². The van der Waals surface area contributed by atoms with Crippen LogP contribution in [0.3, 0.4) is 0 Å². The summed E-state index contributed by atoms with van der Waals surface area (Å²) in [5.74, 6) is 1.70. The molecule has 0 fully saturated rings. The first kappa shape index (κ1) is 21.0. The van der Waals surface area contributed by atoms with Gasteiger partial charge in [-0.25, -0.2) is 14.8 Å². The number of methoxy groups -OCH3 is 1. The Balaban J connectivity index is 1.41. The van der Waals surface area contributed by atoms with E-state index in [9.17, 15) is 4.79 Å². The zero-order chi connectivity index (χ0) is 23.5. The van der Waals surface area contributed by atoms with Gasteiger partial charge in [0.05, 0.1) is 18.3 Å². The number of hydrogen-bond acceptors (Lipinski definition) is 5. The molecule has 2 aromatic heterocycles. The minimum absolute atomic E-state index is 0.354. The van der Waals surface area contributed by atoms with Crippen molar-refractivity contribution in [2.24, 2.45) is 0 Å². The molecule has 0 atom stereocenters. The van der Waals surface area contributed by atoms with Gasteiger partial charge in [-0.15, -0.1) is 0 Å². The number of nitrogens with zero attached hydrogens (tertiary/aromatic N) is 3. The van der Waals surface area contributed by atoms with Crippen LogP contribution in [0.2, 0.25) is 0 Å². The van der Waals surface area contributed by atoms with Gasteiger partial charge in [0.15, 0.2) is 0 Å². The molecule has 0 aliphatic heterocycles. The summed E-state index contributed by atoms with van der Waals surface area (Å²) in [6.45, 7) is 0. The molecule has 2 amide bonds. The Bertz CT molecular complexity index is 1490. The van der Waals surface area contributed by atoms with Crippen LogP contribution in [0.15, 0.2) is 91.4 Å². The number of aromatic nitrogens is 3. The Hall–Kier alpha value is -4.85. The molecule has 8 heteroatoms. The van der Waals surface area contributed by atoms with Gasteiger partial charge in [0.25, 0.3) is 0 Å². The summed E-state index contributed by atoms with van der Waals surface area (Å²) in [4.78, 5) is 20.9. The van der Waals surface area contributed by atoms with Gasteiger partial charge in [-0.3, -0.25) is 0 Å². The van der Waals surface area contributed by atoms with Crippen molar-refractivity contribution in [3.63, 3.8) is 0 Å². The van der Waals surface area contributed by atoms with E-state index < -0.39 is 0 Å². The third-order valence-corrected chi connectivity index (χ3v) is 5.42. The van der Waals surface area contributed by atoms with E-state index in [4.69, 9.17) is 10.5 Å². The van der Waals surface area contributed by atoms with Crippen LogP contribution in [0.1, 0.15) is 0 Å². The highest BCUT2D eigenvalue weighted by Gasteiger charge is 2.10. The molecule has 4 N–H and O–H groups in total. The van der Waals surface area contributed by atoms with Crippen molar-refractivity contribution in [1.82, 2.24) is 14.5 Å². The Morgan fingerprint density at radius 3 is 2.62 bits per heavy atom. The summed E-state index contributed by atoms with van der Waals surface area (Å²) < 4.78 is 7.26. The predicted octanol–water partition coefficient (Wildman–Crippen LogP) is 5.32. The number of benzene rings is 3. The van der Waals surface area contributed by atoms with E-state index >= 15 is 0 Å². The van der Waals surface area contributed by atoms with E-state index in [1.807, 2.05) is 53.2 Å². The third kappa shape index (κ3) is 4.24. The highest BCUT2D eigenvalue weighted by atomic mass is 16.5. The highest BCUT2D eigenvalue weighted by molar-refractivity contribution is 6.01. The average Bonchev–Trinajstić information content (AvgIpc) is 3.28. The molecule has 0 bridgehead atoms. The van der Waals surface area contributed by atoms with Gasteiger partial charge in [-0.2, -0.15) is 0 Å². The molecule has 0 spiro atoms. The molecule has 0 aliphatic rings. The van der Waals surface area contributed by atoms with Crippen LogP contribution in [0.25, 0.3) is 27.8 Å². The van der Waals surface area contributed by atoms with Crippen LogP contribution in [-0.2, 0) is 0 Å². The number of urea groups is 1. The number of carbonyl (C=O) groups excluding carboxylic acids is 1. The molecular formula is C26H22N6O2. The standard InChI is InChI=1S/C26H22N6O2/c1-34-23-8-3-2-7-21(23)31-26(33)30-20-6-4-5-18(13-20)19-10-9-17-11-12-32(22(17)14-19)25-15-24(27)28-16-29-25/h2-16H,1H3,(H2,27,28,29)(H2,30,31,33). The van der Waals surface area contributed by atoms with Gasteiger partial charge in [0.1, 0.15) is 23.7 Å². The van der Waals surface area contributed by atoms with E-state index in [-0.39, 0.29) is 6.03 Å². The molecule has 5 aromatic rings. The summed E-state index contributed by atoms with van der Waals surface area (Å²) in [5.41, 5.74) is 10.1. The highest BCUT2D eigenvalue weighted by Crippen LogP contribution is 2.29. The Labute approximate surface area is 196 Å². The lowest BCUT2D eigenvalue weighted by molar-refractivity contribution is 0.262. The summed E-state index contributed by atoms with van der Waals surface area (Å²) in [6.07, 6.45) is 3.40. The number of amides is 2. The lowest BCUT2D eigenvalue weighted by atomic mass is 10.0. The van der Waals surface area contributed by atoms with Gasteiger partial charge >= 0.3 is 6.03 Å². The quantitative estimate of drug-likeness (QED) is 0.336. The van der Waals surface area contributed by atoms with Gasteiger partial charge in [0.2, 0.25) is 0 Å². The maximum absolute atomic E-state index is 12.6. The van der Waals surface area contributed by atoms with Crippen LogP contribution in [0.5, 0.6) is 5.75 Å². The van der Waals surface area contributed by atoms with E-state index in [2.05, 4.69) is 38.8 Å². The molecule has 0 unspecified atom stereocenters. The maximum Gasteiger partial charge on any atom is 0.323 e. The first-order valence-electron chi connectivity index (χ1n) is 10.6. The lowest BCUT2D eigenvalue weighted by Gasteiger charge is -2.12. The largest absolute Gasteiger partial charge is 0.495 e. The second-order valence-electron chi connectivity index (χ2n) is 7.62. The fourth-order valence-corrected chi connectivity index (χ4v) is 3.81. The number of nitrogen functional groups attached to an aromatic ring is 1. The molecule has 5 rings (SSSR count). The zero-order valence-corrected chi connectivity index (χ0v) is 18.4. The number of nitrogens with one attached hydrogen (secondary N) is 2. The van der Waals surface area contributed by atoms with Crippen LogP contribution >= 0.6 is 0 Å². The van der Waals surface area contributed by atoms with Crippen molar-refractivity contribution < 1.29 is 9.53 Å². The smallest absolute Gasteiger partial charge is 0.323 e. The number of carbonyl (C=O) groups is 1. The topological polar surface area (TPSA) is 107 Å². The second kappa shape index (κ2) is 8.95. The molecule has 0 saturated heterocycles. The summed E-state index contributed by atoms with van der Waals surface area (Å²) in [6, 6.07) is 24.5. The van der Waals surface area contributed by atoms with E-state index in [0.717, 1.165) is 22.0 Å². The molecule has 8 nitrogen and oxygen atoms in total. The fraction of sp³-hybridized carbons (Fsp3) is 0.0385. The Morgan fingerprint density at radius 1 is 0.912 bits per heavy atom. The van der Waals surface area contributed by atoms with Gasteiger partial charge in [0, 0.05) is 23.3 Å². The zero-order valence-electron chi connectivity index (χ0n) is 18.4. The normalized spacial score (nSPS) is 10.7. The predicted molar refractivity (Wildman–Crippen MR) is 134 cm³/mol. The number of anilines is 3. The number of ether oxygens (including phenoxy) is 1. The minimum atomic E-state index is -0.354. The van der Waals surface area contributed by atoms with Crippen LogP contribution in [0.4, 0.5) is 22.0 Å². The Morgan fingerprint density at radius 2 is 1.76 bits per heavy atom. The van der Waals surface area contributed by atoms with Gasteiger partial charge in [-0.1, -0.05) is 36.4 Å². The van der Waals surface area contributed by atoms with Crippen molar-refractivity contribution in [3.05, 3.63) is 91.4 Å². The van der Waals surface area contributed by atoms with E-state index in [1.165, 1.54) is 6.33 Å². The molecule has 168 valence electrons. The monoisotopic (exact) mass is 450 g/mol. The SMILES string of the molecule is COc1ccccc1NC(=O)Nc1cccc(-c2ccc3ccn(-c4cc(N)ncn4)c3c2)c1. The van der Waals surface area contributed by atoms with E-state index in [0.29, 0.717) is 28.8 Å². The van der Waals surface area contributed by atoms with Crippen LogP contribution in [0, 0.1) is 0 Å². The van der Waals surface area contributed by atoms with Crippen molar-refractivity contribution in [2.75, 3.05) is 23.5 Å². The first-order valence-corrected chi connectivity index (χ1v) is 10.6. The summed E-state index contributed by atoms with van der Waals surface area (Å²) >= 11 is 0. The molecule has 0 aliphatic carbocycles. The number of fused-ring (bicyclic) bond motifs is 1. The Kier molecular flexibility index (Phi) is 5.53. The van der Waals surface area contributed by atoms with Gasteiger partial charge in [-0.05, 0) is 47.5 Å². The molecule has 3 aromatic carbocycles. The minimum Gasteiger partial charge on any atom is -0.495 e. The molecule has 2 heterocycles. The third-order valence-electron chi connectivity index (χ3n) is 5.42. The average molecular weight is 451 g/mol. The van der Waals surface area contributed by atoms with Gasteiger partial charge < -0.3 is 25.7 Å². The van der Waals surface area contributed by atoms with Crippen LogP contribution in [-0.4, -0.2) is 27.7 Å². The second-order valence-corrected chi connectivity index (χ2v) is 7.62. The summed E-state index contributed by atoms with van der Waals surface area (Å²) in [7, 11) is 1.56. The number of hydrogen-bond donors (Lipinski definition) is 3. The van der Waals surface area contributed by atoms with Crippen LogP contribution < -0.4 is 21.1 Å². The van der Waals surface area contributed by atoms with Crippen molar-refractivity contribution in [2.45, 2.75) is 0 Å². The van der Waals surface area contributed by atoms with Crippen molar-refractivity contribution >= 4 is 34.1 Å².